The Hall–Kier alpha value is -4.23. The molecule has 0 aliphatic rings. The van der Waals surface area contributed by atoms with Crippen LogP contribution in [0.1, 0.15) is 28.4 Å². The molecule has 4 aromatic carbocycles. The van der Waals surface area contributed by atoms with Gasteiger partial charge in [0.1, 0.15) is 6.61 Å². The summed E-state index contributed by atoms with van der Waals surface area (Å²) in [5, 5.41) is 6.67. The van der Waals surface area contributed by atoms with E-state index in [0.29, 0.717) is 52.4 Å². The fourth-order valence-corrected chi connectivity index (χ4v) is 4.11. The molecule has 0 radical (unpaired) electrons. The molecule has 0 atom stereocenters. The maximum Gasteiger partial charge on any atom is 0.271 e. The van der Waals surface area contributed by atoms with E-state index < -0.39 is 5.91 Å². The Labute approximate surface area is 220 Å². The minimum Gasteiger partial charge on any atom is -0.493 e. The third-order valence-corrected chi connectivity index (χ3v) is 5.89. The van der Waals surface area contributed by atoms with Crippen LogP contribution in [0.5, 0.6) is 23.0 Å². The number of hydrogen-bond donors (Lipinski definition) is 1. The van der Waals surface area contributed by atoms with E-state index in [1.165, 1.54) is 13.3 Å². The smallest absolute Gasteiger partial charge is 0.271 e. The molecule has 1 amide bonds. The molecule has 0 unspecified atom stereocenters. The van der Waals surface area contributed by atoms with Gasteiger partial charge < -0.3 is 18.9 Å². The standard InChI is InChI=1S/C29H27ClN2O5/c1-4-36-25-13-12-21(16-26(25)34-2)29(33)32-31-17-19-14-24(30)28(27(15-19)35-3)37-18-22-10-7-9-20-8-5-6-11-23(20)22/h5-17H,4,18H2,1-3H3,(H,32,33)/b31-17+. The van der Waals surface area contributed by atoms with Gasteiger partial charge in [-0.25, -0.2) is 5.43 Å². The van der Waals surface area contributed by atoms with Crippen molar-refractivity contribution in [2.24, 2.45) is 5.10 Å². The SMILES string of the molecule is CCOc1ccc(C(=O)N/N=C/c2cc(Cl)c(OCc3cccc4ccccc34)c(OC)c2)cc1OC. The molecule has 0 saturated carbocycles. The number of benzene rings is 4. The molecule has 0 saturated heterocycles. The average Bonchev–Trinajstić information content (AvgIpc) is 2.92. The zero-order chi connectivity index (χ0) is 26.2. The molecule has 0 heterocycles. The first-order chi connectivity index (χ1) is 18.0. The van der Waals surface area contributed by atoms with Gasteiger partial charge >= 0.3 is 0 Å². The van der Waals surface area contributed by atoms with E-state index in [-0.39, 0.29) is 0 Å². The molecule has 0 fully saturated rings. The highest BCUT2D eigenvalue weighted by atomic mass is 35.5. The Morgan fingerprint density at radius 1 is 0.919 bits per heavy atom. The van der Waals surface area contributed by atoms with Crippen LogP contribution in [0.15, 0.2) is 77.9 Å². The second kappa shape index (κ2) is 12.1. The summed E-state index contributed by atoms with van der Waals surface area (Å²) in [6, 6.07) is 22.5. The van der Waals surface area contributed by atoms with Crippen molar-refractivity contribution >= 4 is 34.5 Å². The summed E-state index contributed by atoms with van der Waals surface area (Å²) in [6.45, 7) is 2.69. The van der Waals surface area contributed by atoms with E-state index in [1.807, 2.05) is 31.2 Å². The van der Waals surface area contributed by atoms with Crippen LogP contribution in [0.4, 0.5) is 0 Å². The molecule has 1 N–H and O–H groups in total. The quantitative estimate of drug-likeness (QED) is 0.198. The maximum absolute atomic E-state index is 12.5. The lowest BCUT2D eigenvalue weighted by Crippen LogP contribution is -2.17. The van der Waals surface area contributed by atoms with Gasteiger partial charge in [-0.15, -0.1) is 0 Å². The van der Waals surface area contributed by atoms with Crippen LogP contribution >= 0.6 is 11.6 Å². The molecule has 0 spiro atoms. The van der Waals surface area contributed by atoms with Gasteiger partial charge in [-0.3, -0.25) is 4.79 Å². The predicted octanol–water partition coefficient (Wildman–Crippen LogP) is 6.25. The Balaban J connectivity index is 1.45. The number of ether oxygens (including phenoxy) is 4. The molecular weight excluding hydrogens is 492 g/mol. The van der Waals surface area contributed by atoms with Crippen LogP contribution in [0, 0.1) is 0 Å². The summed E-state index contributed by atoms with van der Waals surface area (Å²) in [5.41, 5.74) is 4.55. The molecule has 0 bridgehead atoms. The van der Waals surface area contributed by atoms with Gasteiger partial charge in [-0.1, -0.05) is 54.1 Å². The number of hydrazone groups is 1. The number of nitrogens with zero attached hydrogens (tertiary/aromatic N) is 1. The van der Waals surface area contributed by atoms with Crippen LogP contribution in [-0.2, 0) is 6.61 Å². The molecule has 37 heavy (non-hydrogen) atoms. The number of methoxy groups -OCH3 is 2. The van der Waals surface area contributed by atoms with Gasteiger partial charge in [-0.05, 0) is 59.2 Å². The second-order valence-corrected chi connectivity index (χ2v) is 8.37. The lowest BCUT2D eigenvalue weighted by molar-refractivity contribution is 0.0954. The van der Waals surface area contributed by atoms with Gasteiger partial charge in [0.05, 0.1) is 32.1 Å². The minimum absolute atomic E-state index is 0.326. The third kappa shape index (κ3) is 6.13. The molecule has 0 aromatic heterocycles. The average molecular weight is 519 g/mol. The van der Waals surface area contributed by atoms with Crippen LogP contribution in [0.2, 0.25) is 5.02 Å². The second-order valence-electron chi connectivity index (χ2n) is 7.96. The minimum atomic E-state index is -0.397. The number of fused-ring (bicyclic) bond motifs is 1. The molecule has 0 aliphatic carbocycles. The zero-order valence-electron chi connectivity index (χ0n) is 20.8. The van der Waals surface area contributed by atoms with E-state index >= 15 is 0 Å². The van der Waals surface area contributed by atoms with Crippen LogP contribution in [-0.4, -0.2) is 32.9 Å². The van der Waals surface area contributed by atoms with Crippen molar-refractivity contribution in [3.05, 3.63) is 94.5 Å². The van der Waals surface area contributed by atoms with Crippen molar-refractivity contribution in [2.45, 2.75) is 13.5 Å². The number of carbonyl (C=O) groups is 1. The molecule has 0 aliphatic heterocycles. The van der Waals surface area contributed by atoms with E-state index in [2.05, 4.69) is 28.7 Å². The normalized spacial score (nSPS) is 10.9. The highest BCUT2D eigenvalue weighted by Gasteiger charge is 2.14. The Morgan fingerprint density at radius 3 is 2.49 bits per heavy atom. The Kier molecular flexibility index (Phi) is 8.48. The van der Waals surface area contributed by atoms with Gasteiger partial charge in [0, 0.05) is 5.56 Å². The van der Waals surface area contributed by atoms with Crippen molar-refractivity contribution in [1.82, 2.24) is 5.43 Å². The van der Waals surface area contributed by atoms with Crippen LogP contribution < -0.4 is 24.4 Å². The summed E-state index contributed by atoms with van der Waals surface area (Å²) >= 11 is 6.53. The fraction of sp³-hybridized carbons (Fsp3) is 0.172. The van der Waals surface area contributed by atoms with Gasteiger partial charge in [0.25, 0.3) is 5.91 Å². The number of halogens is 1. The highest BCUT2D eigenvalue weighted by molar-refractivity contribution is 6.32. The van der Waals surface area contributed by atoms with E-state index in [4.69, 9.17) is 30.5 Å². The Bertz CT molecular complexity index is 1430. The number of carbonyl (C=O) groups excluding carboxylic acids is 1. The van der Waals surface area contributed by atoms with Crippen molar-refractivity contribution in [1.29, 1.82) is 0 Å². The molecule has 4 aromatic rings. The number of amides is 1. The molecule has 8 heteroatoms. The first-order valence-electron chi connectivity index (χ1n) is 11.6. The lowest BCUT2D eigenvalue weighted by Gasteiger charge is -2.14. The lowest BCUT2D eigenvalue weighted by atomic mass is 10.1. The maximum atomic E-state index is 12.5. The van der Waals surface area contributed by atoms with E-state index in [0.717, 1.165) is 16.3 Å². The number of rotatable bonds is 10. The molecular formula is C29H27ClN2O5. The van der Waals surface area contributed by atoms with Gasteiger partial charge in [-0.2, -0.15) is 5.10 Å². The van der Waals surface area contributed by atoms with E-state index in [1.54, 1.807) is 37.4 Å². The molecule has 190 valence electrons. The zero-order valence-corrected chi connectivity index (χ0v) is 21.5. The predicted molar refractivity (Wildman–Crippen MR) is 146 cm³/mol. The third-order valence-electron chi connectivity index (χ3n) is 5.61. The summed E-state index contributed by atoms with van der Waals surface area (Å²) in [4.78, 5) is 12.5. The first-order valence-corrected chi connectivity index (χ1v) is 12.0. The first kappa shape index (κ1) is 25.9. The fourth-order valence-electron chi connectivity index (χ4n) is 3.84. The Morgan fingerprint density at radius 2 is 1.70 bits per heavy atom. The molecule has 7 nitrogen and oxygen atoms in total. The largest absolute Gasteiger partial charge is 0.493 e. The summed E-state index contributed by atoms with van der Waals surface area (Å²) < 4.78 is 22.4. The summed E-state index contributed by atoms with van der Waals surface area (Å²) in [7, 11) is 3.06. The number of hydrogen-bond acceptors (Lipinski definition) is 6. The van der Waals surface area contributed by atoms with Crippen molar-refractivity contribution in [3.63, 3.8) is 0 Å². The summed E-state index contributed by atoms with van der Waals surface area (Å²) in [6.07, 6.45) is 1.48. The van der Waals surface area contributed by atoms with Crippen LogP contribution in [0.3, 0.4) is 0 Å². The van der Waals surface area contributed by atoms with Crippen molar-refractivity contribution in [3.8, 4) is 23.0 Å². The van der Waals surface area contributed by atoms with E-state index in [9.17, 15) is 4.79 Å². The van der Waals surface area contributed by atoms with Crippen molar-refractivity contribution in [2.75, 3.05) is 20.8 Å². The number of nitrogens with one attached hydrogen (secondary N) is 1. The van der Waals surface area contributed by atoms with Crippen LogP contribution in [0.25, 0.3) is 10.8 Å². The molecule has 4 rings (SSSR count). The van der Waals surface area contributed by atoms with Gasteiger partial charge in [0.15, 0.2) is 23.0 Å². The monoisotopic (exact) mass is 518 g/mol. The summed E-state index contributed by atoms with van der Waals surface area (Å²) in [5.74, 6) is 1.52. The highest BCUT2D eigenvalue weighted by Crippen LogP contribution is 2.37. The topological polar surface area (TPSA) is 78.4 Å². The van der Waals surface area contributed by atoms with Crippen molar-refractivity contribution < 1.29 is 23.7 Å². The van der Waals surface area contributed by atoms with Gasteiger partial charge in [0.2, 0.25) is 0 Å².